The molecule has 0 saturated carbocycles. The highest BCUT2D eigenvalue weighted by Gasteiger charge is 2.03. The number of aliphatic carboxylic acids is 1. The van der Waals surface area contributed by atoms with Gasteiger partial charge in [-0.05, 0) is 39.5 Å². The van der Waals surface area contributed by atoms with Crippen LogP contribution in [-0.4, -0.2) is 16.1 Å². The van der Waals surface area contributed by atoms with E-state index in [1.807, 2.05) is 18.2 Å². The van der Waals surface area contributed by atoms with E-state index in [4.69, 9.17) is 5.11 Å². The minimum absolute atomic E-state index is 0.318. The Hall–Kier alpha value is -1.88. The molecule has 0 fully saturated rings. The lowest BCUT2D eigenvalue weighted by Gasteiger charge is -2.01. The molecule has 0 amide bonds. The number of carbonyl (C=O) groups is 1. The largest absolute Gasteiger partial charge is 0.478 e. The number of pyridine rings is 1. The maximum absolute atomic E-state index is 11.7. The van der Waals surface area contributed by atoms with Crippen LogP contribution in [0.15, 0.2) is 39.6 Å². The molecule has 0 atom stereocenters. The molecule has 0 spiro atoms. The van der Waals surface area contributed by atoms with Gasteiger partial charge in [0.2, 0.25) is 0 Å². The molecule has 4 nitrogen and oxygen atoms in total. The van der Waals surface area contributed by atoms with Crippen LogP contribution >= 0.6 is 15.9 Å². The Morgan fingerprint density at radius 1 is 1.41 bits per heavy atom. The zero-order valence-electron chi connectivity index (χ0n) is 8.61. The third-order valence-corrected chi connectivity index (χ3v) is 2.92. The Labute approximate surface area is 105 Å². The molecule has 0 radical (unpaired) electrons. The van der Waals surface area contributed by atoms with Crippen molar-refractivity contribution >= 4 is 38.9 Å². The molecule has 1 heterocycles. The van der Waals surface area contributed by atoms with Crippen molar-refractivity contribution in [2.75, 3.05) is 0 Å². The smallest absolute Gasteiger partial charge is 0.328 e. The van der Waals surface area contributed by atoms with E-state index in [1.165, 1.54) is 6.08 Å². The van der Waals surface area contributed by atoms with Crippen molar-refractivity contribution in [1.82, 2.24) is 4.98 Å². The molecule has 1 aromatic heterocycles. The van der Waals surface area contributed by atoms with Crippen molar-refractivity contribution in [3.05, 3.63) is 50.7 Å². The molecule has 86 valence electrons. The molecule has 0 aliphatic rings. The van der Waals surface area contributed by atoms with Crippen LogP contribution in [0, 0.1) is 0 Å². The van der Waals surface area contributed by atoms with Crippen LogP contribution in [0.4, 0.5) is 0 Å². The first-order chi connectivity index (χ1) is 8.08. The quantitative estimate of drug-likeness (QED) is 0.835. The van der Waals surface area contributed by atoms with E-state index in [1.54, 1.807) is 6.07 Å². The number of aromatic nitrogens is 1. The monoisotopic (exact) mass is 293 g/mol. The first-order valence-electron chi connectivity index (χ1n) is 4.80. The van der Waals surface area contributed by atoms with E-state index < -0.39 is 5.97 Å². The summed E-state index contributed by atoms with van der Waals surface area (Å²) in [5, 5.41) is 9.35. The third kappa shape index (κ3) is 2.45. The van der Waals surface area contributed by atoms with E-state index in [2.05, 4.69) is 20.9 Å². The van der Waals surface area contributed by atoms with Crippen LogP contribution in [0.5, 0.6) is 0 Å². The Kier molecular flexibility index (Phi) is 3.10. The summed E-state index contributed by atoms with van der Waals surface area (Å²) >= 11 is 3.34. The van der Waals surface area contributed by atoms with Gasteiger partial charge in [-0.25, -0.2) is 4.79 Å². The average molecular weight is 294 g/mol. The highest BCUT2D eigenvalue weighted by molar-refractivity contribution is 9.10. The SMILES string of the molecule is O=C(O)/C=C/c1cc2cccc(Br)c2[nH]c1=O. The number of aromatic amines is 1. The van der Waals surface area contributed by atoms with Crippen molar-refractivity contribution in [3.63, 3.8) is 0 Å². The first kappa shape index (κ1) is 11.6. The van der Waals surface area contributed by atoms with E-state index in [9.17, 15) is 9.59 Å². The van der Waals surface area contributed by atoms with Gasteiger partial charge in [-0.1, -0.05) is 12.1 Å². The number of hydrogen-bond donors (Lipinski definition) is 2. The van der Waals surface area contributed by atoms with Gasteiger partial charge in [-0.15, -0.1) is 0 Å². The summed E-state index contributed by atoms with van der Waals surface area (Å²) in [5.41, 5.74) is 0.699. The van der Waals surface area contributed by atoms with Crippen LogP contribution < -0.4 is 5.56 Å². The Balaban J connectivity index is 2.64. The van der Waals surface area contributed by atoms with Gasteiger partial charge in [0.05, 0.1) is 5.52 Å². The lowest BCUT2D eigenvalue weighted by atomic mass is 10.1. The lowest BCUT2D eigenvalue weighted by molar-refractivity contribution is -0.131. The highest BCUT2D eigenvalue weighted by atomic mass is 79.9. The number of H-pyrrole nitrogens is 1. The maximum Gasteiger partial charge on any atom is 0.328 e. The van der Waals surface area contributed by atoms with Crippen molar-refractivity contribution in [2.24, 2.45) is 0 Å². The number of halogens is 1. The number of nitrogens with one attached hydrogen (secondary N) is 1. The number of carboxylic acids is 1. The fraction of sp³-hybridized carbons (Fsp3) is 0. The molecule has 2 aromatic rings. The molecule has 5 heteroatoms. The molecule has 0 saturated heterocycles. The number of carboxylic acid groups (broad SMARTS) is 1. The number of rotatable bonds is 2. The van der Waals surface area contributed by atoms with E-state index >= 15 is 0 Å². The summed E-state index contributed by atoms with van der Waals surface area (Å²) < 4.78 is 0.792. The number of fused-ring (bicyclic) bond motifs is 1. The Morgan fingerprint density at radius 2 is 2.18 bits per heavy atom. The van der Waals surface area contributed by atoms with Crippen LogP contribution in [0.2, 0.25) is 0 Å². The van der Waals surface area contributed by atoms with Gasteiger partial charge >= 0.3 is 5.97 Å². The zero-order valence-corrected chi connectivity index (χ0v) is 10.2. The molecule has 1 aromatic carbocycles. The fourth-order valence-electron chi connectivity index (χ4n) is 1.50. The fourth-order valence-corrected chi connectivity index (χ4v) is 1.98. The van der Waals surface area contributed by atoms with E-state index in [0.717, 1.165) is 15.9 Å². The van der Waals surface area contributed by atoms with E-state index in [-0.39, 0.29) is 5.56 Å². The number of benzene rings is 1. The molecular weight excluding hydrogens is 286 g/mol. The Morgan fingerprint density at radius 3 is 2.88 bits per heavy atom. The average Bonchev–Trinajstić information content (AvgIpc) is 2.28. The number of para-hydroxylation sites is 1. The lowest BCUT2D eigenvalue weighted by Crippen LogP contribution is -2.09. The molecule has 2 rings (SSSR count). The predicted molar refractivity (Wildman–Crippen MR) is 68.9 cm³/mol. The minimum Gasteiger partial charge on any atom is -0.478 e. The molecule has 0 aliphatic heterocycles. The van der Waals surface area contributed by atoms with Gasteiger partial charge in [0, 0.05) is 16.1 Å². The van der Waals surface area contributed by atoms with Crippen molar-refractivity contribution in [2.45, 2.75) is 0 Å². The molecule has 0 bridgehead atoms. The second-order valence-corrected chi connectivity index (χ2v) is 4.28. The molecular formula is C12H8BrNO3. The minimum atomic E-state index is -1.08. The van der Waals surface area contributed by atoms with Crippen molar-refractivity contribution in [1.29, 1.82) is 0 Å². The van der Waals surface area contributed by atoms with E-state index in [0.29, 0.717) is 11.1 Å². The van der Waals surface area contributed by atoms with Gasteiger partial charge < -0.3 is 10.1 Å². The third-order valence-electron chi connectivity index (χ3n) is 2.26. The van der Waals surface area contributed by atoms with Crippen LogP contribution in [-0.2, 0) is 4.79 Å². The standard InChI is InChI=1S/C12H8BrNO3/c13-9-3-1-2-7-6-8(4-5-10(15)16)12(17)14-11(7)9/h1-6H,(H,14,17)(H,15,16)/b5-4+. The number of hydrogen-bond acceptors (Lipinski definition) is 2. The molecule has 2 N–H and O–H groups in total. The second-order valence-electron chi connectivity index (χ2n) is 3.43. The summed E-state index contributed by atoms with van der Waals surface area (Å²) in [6.45, 7) is 0. The first-order valence-corrected chi connectivity index (χ1v) is 5.60. The van der Waals surface area contributed by atoms with Crippen LogP contribution in [0.3, 0.4) is 0 Å². The zero-order chi connectivity index (χ0) is 12.4. The van der Waals surface area contributed by atoms with Gasteiger partial charge in [0.1, 0.15) is 0 Å². The molecule has 17 heavy (non-hydrogen) atoms. The van der Waals surface area contributed by atoms with Gasteiger partial charge in [-0.2, -0.15) is 0 Å². The van der Waals surface area contributed by atoms with Gasteiger partial charge in [-0.3, -0.25) is 4.79 Å². The second kappa shape index (κ2) is 4.55. The summed E-state index contributed by atoms with van der Waals surface area (Å²) in [6.07, 6.45) is 2.22. The summed E-state index contributed by atoms with van der Waals surface area (Å²) in [5.74, 6) is -1.08. The predicted octanol–water partition coefficient (Wildman–Crippen LogP) is 2.39. The summed E-state index contributed by atoms with van der Waals surface area (Å²) in [7, 11) is 0. The van der Waals surface area contributed by atoms with Crippen molar-refractivity contribution < 1.29 is 9.90 Å². The summed E-state index contributed by atoms with van der Waals surface area (Å²) in [4.78, 5) is 24.8. The van der Waals surface area contributed by atoms with Gasteiger partial charge in [0.15, 0.2) is 0 Å². The van der Waals surface area contributed by atoms with Crippen LogP contribution in [0.25, 0.3) is 17.0 Å². The summed E-state index contributed by atoms with van der Waals surface area (Å²) in [6, 6.07) is 7.16. The van der Waals surface area contributed by atoms with Crippen molar-refractivity contribution in [3.8, 4) is 0 Å². The maximum atomic E-state index is 11.7. The normalized spacial score (nSPS) is 11.1. The Bertz CT molecular complexity index is 673. The van der Waals surface area contributed by atoms with Gasteiger partial charge in [0.25, 0.3) is 5.56 Å². The van der Waals surface area contributed by atoms with Crippen LogP contribution in [0.1, 0.15) is 5.56 Å². The molecule has 0 aliphatic carbocycles. The topological polar surface area (TPSA) is 70.2 Å². The highest BCUT2D eigenvalue weighted by Crippen LogP contribution is 2.21. The molecule has 0 unspecified atom stereocenters.